The van der Waals surface area contributed by atoms with Gasteiger partial charge in [0.15, 0.2) is 0 Å². The highest BCUT2D eigenvalue weighted by Gasteiger charge is 2.38. The zero-order chi connectivity index (χ0) is 14.0. The second-order valence-corrected chi connectivity index (χ2v) is 6.02. The van der Waals surface area contributed by atoms with Gasteiger partial charge >= 0.3 is 5.97 Å². The number of carboxylic acids is 1. The molecule has 0 spiro atoms. The summed E-state index contributed by atoms with van der Waals surface area (Å²) in [7, 11) is 0. The zero-order valence-corrected chi connectivity index (χ0v) is 11.7. The summed E-state index contributed by atoms with van der Waals surface area (Å²) >= 11 is 0. The molecule has 4 unspecified atom stereocenters. The fourth-order valence-corrected chi connectivity index (χ4v) is 3.17. The molecule has 0 aromatic rings. The zero-order valence-electron chi connectivity index (χ0n) is 11.7. The summed E-state index contributed by atoms with van der Waals surface area (Å²) in [6.45, 7) is 4.99. The number of nitrogens with zero attached hydrogens (tertiary/aromatic N) is 1. The normalized spacial score (nSPS) is 35.2. The number of hydrogen-bond acceptors (Lipinski definition) is 2. The standard InChI is InChI=1S/C15H23NO3/c1-10-7-8-11(2)16(9-10)14(17)12-5-3-4-6-13(12)15(18)19/h3-4,10-13H,5-9H2,1-2H3,(H,18,19). The highest BCUT2D eigenvalue weighted by atomic mass is 16.4. The van der Waals surface area contributed by atoms with Crippen LogP contribution in [0.25, 0.3) is 0 Å². The molecule has 0 aromatic heterocycles. The number of carbonyl (C=O) groups is 2. The van der Waals surface area contributed by atoms with E-state index in [1.165, 1.54) is 0 Å². The lowest BCUT2D eigenvalue weighted by Gasteiger charge is -2.40. The van der Waals surface area contributed by atoms with Crippen molar-refractivity contribution in [3.8, 4) is 0 Å². The van der Waals surface area contributed by atoms with Gasteiger partial charge in [-0.05, 0) is 38.5 Å². The maximum Gasteiger partial charge on any atom is 0.307 e. The van der Waals surface area contributed by atoms with E-state index in [1.807, 2.05) is 17.1 Å². The minimum atomic E-state index is -0.847. The number of carbonyl (C=O) groups excluding carboxylic acids is 1. The molecule has 0 aromatic carbocycles. The van der Waals surface area contributed by atoms with Crippen molar-refractivity contribution in [1.82, 2.24) is 4.90 Å². The number of carboxylic acid groups (broad SMARTS) is 1. The average molecular weight is 265 g/mol. The minimum Gasteiger partial charge on any atom is -0.481 e. The van der Waals surface area contributed by atoms with E-state index in [2.05, 4.69) is 13.8 Å². The highest BCUT2D eigenvalue weighted by molar-refractivity contribution is 5.85. The lowest BCUT2D eigenvalue weighted by Crippen LogP contribution is -2.49. The molecule has 4 heteroatoms. The van der Waals surface area contributed by atoms with E-state index in [-0.39, 0.29) is 17.9 Å². The first-order chi connectivity index (χ1) is 9.00. The Labute approximate surface area is 114 Å². The van der Waals surface area contributed by atoms with Crippen LogP contribution in [0.3, 0.4) is 0 Å². The molecule has 106 valence electrons. The molecule has 1 aliphatic carbocycles. The summed E-state index contributed by atoms with van der Waals surface area (Å²) < 4.78 is 0. The first-order valence-electron chi connectivity index (χ1n) is 7.19. The molecule has 1 saturated heterocycles. The molecule has 1 aliphatic heterocycles. The van der Waals surface area contributed by atoms with Crippen molar-refractivity contribution >= 4 is 11.9 Å². The third-order valence-corrected chi connectivity index (χ3v) is 4.47. The van der Waals surface area contributed by atoms with Crippen molar-refractivity contribution in [3.63, 3.8) is 0 Å². The Morgan fingerprint density at radius 1 is 1.11 bits per heavy atom. The van der Waals surface area contributed by atoms with E-state index < -0.39 is 11.9 Å². The van der Waals surface area contributed by atoms with Crippen LogP contribution in [-0.4, -0.2) is 34.5 Å². The SMILES string of the molecule is CC1CCC(C)N(C(=O)C2CC=CCC2C(=O)O)C1. The van der Waals surface area contributed by atoms with Crippen LogP contribution < -0.4 is 0 Å². The predicted molar refractivity (Wildman–Crippen MR) is 72.6 cm³/mol. The lowest BCUT2D eigenvalue weighted by molar-refractivity contribution is -0.152. The second kappa shape index (κ2) is 5.76. The van der Waals surface area contributed by atoms with Crippen LogP contribution in [0.2, 0.25) is 0 Å². The van der Waals surface area contributed by atoms with Crippen molar-refractivity contribution in [1.29, 1.82) is 0 Å². The molecule has 0 radical (unpaired) electrons. The number of amides is 1. The largest absolute Gasteiger partial charge is 0.481 e. The quantitative estimate of drug-likeness (QED) is 0.779. The average Bonchev–Trinajstić information content (AvgIpc) is 2.40. The summed E-state index contributed by atoms with van der Waals surface area (Å²) in [6, 6.07) is 0.240. The molecule has 1 amide bonds. The van der Waals surface area contributed by atoms with E-state index in [0.717, 1.165) is 19.4 Å². The van der Waals surface area contributed by atoms with E-state index in [1.54, 1.807) is 0 Å². The van der Waals surface area contributed by atoms with Crippen LogP contribution in [0.15, 0.2) is 12.2 Å². The Kier molecular flexibility index (Phi) is 4.27. The Balaban J connectivity index is 2.12. The molecule has 1 N–H and O–H groups in total. The van der Waals surface area contributed by atoms with Gasteiger partial charge in [-0.15, -0.1) is 0 Å². The number of aliphatic carboxylic acids is 1. The van der Waals surface area contributed by atoms with Crippen LogP contribution in [0, 0.1) is 17.8 Å². The third-order valence-electron chi connectivity index (χ3n) is 4.47. The molecule has 19 heavy (non-hydrogen) atoms. The molecule has 0 bridgehead atoms. The number of allylic oxidation sites excluding steroid dienone is 2. The van der Waals surface area contributed by atoms with Crippen LogP contribution in [0.4, 0.5) is 0 Å². The molecule has 0 saturated carbocycles. The van der Waals surface area contributed by atoms with Crippen LogP contribution in [0.5, 0.6) is 0 Å². The smallest absolute Gasteiger partial charge is 0.307 e. The van der Waals surface area contributed by atoms with Crippen LogP contribution in [-0.2, 0) is 9.59 Å². The number of piperidine rings is 1. The van der Waals surface area contributed by atoms with E-state index in [0.29, 0.717) is 18.8 Å². The van der Waals surface area contributed by atoms with E-state index >= 15 is 0 Å². The Hall–Kier alpha value is -1.32. The molecule has 1 heterocycles. The Morgan fingerprint density at radius 2 is 1.74 bits per heavy atom. The summed E-state index contributed by atoms with van der Waals surface area (Å²) in [5.41, 5.74) is 0. The topological polar surface area (TPSA) is 57.6 Å². The first kappa shape index (κ1) is 14.1. The fourth-order valence-electron chi connectivity index (χ4n) is 3.17. The van der Waals surface area contributed by atoms with Gasteiger partial charge in [-0.2, -0.15) is 0 Å². The third kappa shape index (κ3) is 2.99. The molecule has 4 atom stereocenters. The predicted octanol–water partition coefficient (Wildman–Crippen LogP) is 2.30. The summed E-state index contributed by atoms with van der Waals surface area (Å²) in [4.78, 5) is 25.9. The minimum absolute atomic E-state index is 0.0378. The van der Waals surface area contributed by atoms with Crippen molar-refractivity contribution in [2.75, 3.05) is 6.54 Å². The van der Waals surface area contributed by atoms with Gasteiger partial charge in [0.05, 0.1) is 11.8 Å². The maximum atomic E-state index is 12.7. The molecule has 2 aliphatic rings. The van der Waals surface area contributed by atoms with Gasteiger partial charge in [-0.1, -0.05) is 19.1 Å². The van der Waals surface area contributed by atoms with E-state index in [9.17, 15) is 14.7 Å². The van der Waals surface area contributed by atoms with Crippen molar-refractivity contribution < 1.29 is 14.7 Å². The van der Waals surface area contributed by atoms with Crippen molar-refractivity contribution in [2.45, 2.75) is 45.6 Å². The number of likely N-dealkylation sites (tertiary alicyclic amines) is 1. The lowest BCUT2D eigenvalue weighted by atomic mass is 9.81. The second-order valence-electron chi connectivity index (χ2n) is 6.02. The van der Waals surface area contributed by atoms with Gasteiger partial charge in [0, 0.05) is 12.6 Å². The number of hydrogen-bond donors (Lipinski definition) is 1. The maximum absolute atomic E-state index is 12.7. The van der Waals surface area contributed by atoms with E-state index in [4.69, 9.17) is 0 Å². The number of rotatable bonds is 2. The summed E-state index contributed by atoms with van der Waals surface area (Å²) in [5.74, 6) is -1.23. The molecular formula is C15H23NO3. The van der Waals surface area contributed by atoms with Gasteiger partial charge in [0.2, 0.25) is 5.91 Å². The van der Waals surface area contributed by atoms with Gasteiger partial charge in [-0.25, -0.2) is 0 Å². The van der Waals surface area contributed by atoms with Crippen LogP contribution in [0.1, 0.15) is 39.5 Å². The highest BCUT2D eigenvalue weighted by Crippen LogP contribution is 2.31. The Bertz CT molecular complexity index is 391. The summed E-state index contributed by atoms with van der Waals surface area (Å²) in [5, 5.41) is 9.27. The molecule has 2 rings (SSSR count). The first-order valence-corrected chi connectivity index (χ1v) is 7.19. The van der Waals surface area contributed by atoms with Crippen molar-refractivity contribution in [3.05, 3.63) is 12.2 Å². The molecule has 4 nitrogen and oxygen atoms in total. The monoisotopic (exact) mass is 265 g/mol. The fraction of sp³-hybridized carbons (Fsp3) is 0.733. The summed E-state index contributed by atoms with van der Waals surface area (Å²) in [6.07, 6.45) is 7.03. The molecular weight excluding hydrogens is 242 g/mol. The van der Waals surface area contributed by atoms with Gasteiger partial charge in [0.25, 0.3) is 0 Å². The van der Waals surface area contributed by atoms with Crippen LogP contribution >= 0.6 is 0 Å². The Morgan fingerprint density at radius 3 is 2.37 bits per heavy atom. The molecule has 1 fully saturated rings. The van der Waals surface area contributed by atoms with Crippen molar-refractivity contribution in [2.24, 2.45) is 17.8 Å². The van der Waals surface area contributed by atoms with Gasteiger partial charge < -0.3 is 10.0 Å². The van der Waals surface area contributed by atoms with Gasteiger partial charge in [0.1, 0.15) is 0 Å². The van der Waals surface area contributed by atoms with Gasteiger partial charge in [-0.3, -0.25) is 9.59 Å².